The molecule has 1 fully saturated rings. The Balaban J connectivity index is 2.53. The summed E-state index contributed by atoms with van der Waals surface area (Å²) in [6.45, 7) is 0.360. The first kappa shape index (κ1) is 9.40. The molecule has 0 aromatic carbocycles. The molecule has 0 aliphatic carbocycles. The Morgan fingerprint density at radius 2 is 2.08 bits per heavy atom. The molecule has 1 rings (SSSR count). The Labute approximate surface area is 69.3 Å². The lowest BCUT2D eigenvalue weighted by Gasteiger charge is -2.28. The fourth-order valence-electron chi connectivity index (χ4n) is 1.34. The zero-order chi connectivity index (χ0) is 9.19. The van der Waals surface area contributed by atoms with Gasteiger partial charge in [-0.2, -0.15) is 13.2 Å². The van der Waals surface area contributed by atoms with Crippen LogP contribution in [0.1, 0.15) is 12.8 Å². The Morgan fingerprint density at radius 3 is 2.58 bits per heavy atom. The molecule has 0 radical (unpaired) electrons. The molecule has 1 heterocycles. The van der Waals surface area contributed by atoms with Crippen LogP contribution in [0.25, 0.3) is 0 Å². The first-order chi connectivity index (χ1) is 5.54. The third kappa shape index (κ3) is 2.15. The number of hydrogen-bond acceptors (Lipinski definition) is 1. The van der Waals surface area contributed by atoms with Crippen LogP contribution in [-0.4, -0.2) is 18.8 Å². The summed E-state index contributed by atoms with van der Waals surface area (Å²) in [6, 6.07) is -0.412. The summed E-state index contributed by atoms with van der Waals surface area (Å²) >= 11 is 0. The molecule has 0 amide bonds. The molecule has 1 N–H and O–H groups in total. The van der Waals surface area contributed by atoms with Gasteiger partial charge in [0.25, 0.3) is 0 Å². The third-order valence-electron chi connectivity index (χ3n) is 2.07. The topological polar surface area (TPSA) is 12.0 Å². The first-order valence-electron chi connectivity index (χ1n) is 3.80. The van der Waals surface area contributed by atoms with Crippen LogP contribution in [-0.2, 0) is 0 Å². The minimum atomic E-state index is -4.09. The van der Waals surface area contributed by atoms with E-state index in [4.69, 9.17) is 6.42 Å². The molecule has 0 unspecified atom stereocenters. The van der Waals surface area contributed by atoms with Crippen LogP contribution in [0, 0.1) is 18.3 Å². The van der Waals surface area contributed by atoms with Gasteiger partial charge in [-0.15, -0.1) is 6.42 Å². The lowest BCUT2D eigenvalue weighted by atomic mass is 9.92. The van der Waals surface area contributed by atoms with Crippen molar-refractivity contribution in [3.05, 3.63) is 0 Å². The van der Waals surface area contributed by atoms with Gasteiger partial charge in [-0.1, -0.05) is 5.92 Å². The summed E-state index contributed by atoms with van der Waals surface area (Å²) in [5.74, 6) is 1.07. The van der Waals surface area contributed by atoms with Gasteiger partial charge >= 0.3 is 6.18 Å². The second kappa shape index (κ2) is 3.36. The molecule has 0 aromatic heterocycles. The van der Waals surface area contributed by atoms with Crippen molar-refractivity contribution in [2.75, 3.05) is 6.54 Å². The SMILES string of the molecule is C#C[C@@H]1C[C@H](C(F)(F)F)CCN1. The monoisotopic (exact) mass is 177 g/mol. The molecule has 1 aliphatic heterocycles. The number of terminal acetylenes is 1. The average Bonchev–Trinajstić information content (AvgIpc) is 2.03. The molecule has 68 valence electrons. The molecule has 0 saturated carbocycles. The molecular formula is C8H10F3N. The number of nitrogens with one attached hydrogen (secondary N) is 1. The van der Waals surface area contributed by atoms with E-state index in [1.54, 1.807) is 0 Å². The summed E-state index contributed by atoms with van der Waals surface area (Å²) in [4.78, 5) is 0. The molecule has 12 heavy (non-hydrogen) atoms. The maximum absolute atomic E-state index is 12.2. The highest BCUT2D eigenvalue weighted by atomic mass is 19.4. The maximum atomic E-state index is 12.2. The van der Waals surface area contributed by atoms with Crippen LogP contribution < -0.4 is 5.32 Å². The molecule has 0 spiro atoms. The number of alkyl halides is 3. The van der Waals surface area contributed by atoms with Gasteiger partial charge in [-0.25, -0.2) is 0 Å². The zero-order valence-corrected chi connectivity index (χ0v) is 6.49. The third-order valence-corrected chi connectivity index (χ3v) is 2.07. The van der Waals surface area contributed by atoms with Gasteiger partial charge < -0.3 is 5.32 Å². The largest absolute Gasteiger partial charge is 0.391 e. The van der Waals surface area contributed by atoms with E-state index in [9.17, 15) is 13.2 Å². The van der Waals surface area contributed by atoms with Crippen LogP contribution in [0.5, 0.6) is 0 Å². The van der Waals surface area contributed by atoms with Crippen LogP contribution in [0.3, 0.4) is 0 Å². The van der Waals surface area contributed by atoms with Gasteiger partial charge in [-0.05, 0) is 19.4 Å². The van der Waals surface area contributed by atoms with Crippen molar-refractivity contribution in [2.24, 2.45) is 5.92 Å². The van der Waals surface area contributed by atoms with Crippen molar-refractivity contribution in [3.63, 3.8) is 0 Å². The second-order valence-electron chi connectivity index (χ2n) is 2.94. The Morgan fingerprint density at radius 1 is 1.42 bits per heavy atom. The molecule has 2 atom stereocenters. The van der Waals surface area contributed by atoms with Crippen molar-refractivity contribution >= 4 is 0 Å². The van der Waals surface area contributed by atoms with E-state index in [1.165, 1.54) is 0 Å². The normalized spacial score (nSPS) is 31.2. The summed E-state index contributed by atoms with van der Waals surface area (Å²) < 4.78 is 36.5. The van der Waals surface area contributed by atoms with Gasteiger partial charge in [0.1, 0.15) is 0 Å². The molecule has 1 aliphatic rings. The standard InChI is InChI=1S/C8H10F3N/c1-2-7-5-6(3-4-12-7)8(9,10)11/h1,6-7,12H,3-5H2/t6-,7-/m1/s1. The lowest BCUT2D eigenvalue weighted by molar-refractivity contribution is -0.181. The van der Waals surface area contributed by atoms with Gasteiger partial charge in [0.05, 0.1) is 12.0 Å². The fraction of sp³-hybridized carbons (Fsp3) is 0.750. The van der Waals surface area contributed by atoms with Crippen molar-refractivity contribution in [1.82, 2.24) is 5.32 Å². The van der Waals surface area contributed by atoms with E-state index >= 15 is 0 Å². The smallest absolute Gasteiger partial charge is 0.304 e. The predicted molar refractivity (Wildman–Crippen MR) is 39.4 cm³/mol. The highest BCUT2D eigenvalue weighted by Gasteiger charge is 2.41. The highest BCUT2D eigenvalue weighted by molar-refractivity contribution is 5.02. The first-order valence-corrected chi connectivity index (χ1v) is 3.80. The molecule has 0 aromatic rings. The highest BCUT2D eigenvalue weighted by Crippen LogP contribution is 2.33. The molecule has 1 saturated heterocycles. The summed E-state index contributed by atoms with van der Waals surface area (Å²) in [5.41, 5.74) is 0. The van der Waals surface area contributed by atoms with Crippen LogP contribution in [0.2, 0.25) is 0 Å². The molecular weight excluding hydrogens is 167 g/mol. The van der Waals surface area contributed by atoms with Crippen molar-refractivity contribution in [3.8, 4) is 12.3 Å². The number of piperidine rings is 1. The van der Waals surface area contributed by atoms with Crippen LogP contribution in [0.4, 0.5) is 13.2 Å². The second-order valence-corrected chi connectivity index (χ2v) is 2.94. The number of rotatable bonds is 0. The van der Waals surface area contributed by atoms with E-state index in [0.29, 0.717) is 6.54 Å². The summed E-state index contributed by atoms with van der Waals surface area (Å²) in [6.07, 6.45) is 1.10. The van der Waals surface area contributed by atoms with Gasteiger partial charge in [0.2, 0.25) is 0 Å². The molecule has 1 nitrogen and oxygen atoms in total. The lowest BCUT2D eigenvalue weighted by Crippen LogP contribution is -2.41. The summed E-state index contributed by atoms with van der Waals surface area (Å²) in [7, 11) is 0. The van der Waals surface area contributed by atoms with E-state index in [-0.39, 0.29) is 12.8 Å². The summed E-state index contributed by atoms with van der Waals surface area (Å²) in [5, 5.41) is 2.83. The van der Waals surface area contributed by atoms with E-state index < -0.39 is 18.1 Å². The fourth-order valence-corrected chi connectivity index (χ4v) is 1.34. The minimum absolute atomic E-state index is 0.0139. The van der Waals surface area contributed by atoms with Crippen molar-refractivity contribution in [1.29, 1.82) is 0 Å². The Bertz CT molecular complexity index is 191. The van der Waals surface area contributed by atoms with Gasteiger partial charge in [0.15, 0.2) is 0 Å². The Hall–Kier alpha value is -0.690. The maximum Gasteiger partial charge on any atom is 0.391 e. The molecule has 0 bridgehead atoms. The van der Waals surface area contributed by atoms with Crippen molar-refractivity contribution < 1.29 is 13.2 Å². The van der Waals surface area contributed by atoms with Gasteiger partial charge in [-0.3, -0.25) is 0 Å². The average molecular weight is 177 g/mol. The van der Waals surface area contributed by atoms with E-state index in [2.05, 4.69) is 11.2 Å². The Kier molecular flexibility index (Phi) is 2.63. The van der Waals surface area contributed by atoms with Gasteiger partial charge in [0, 0.05) is 0 Å². The van der Waals surface area contributed by atoms with Crippen molar-refractivity contribution in [2.45, 2.75) is 25.1 Å². The zero-order valence-electron chi connectivity index (χ0n) is 6.49. The predicted octanol–water partition coefficient (Wildman–Crippen LogP) is 1.55. The van der Waals surface area contributed by atoms with E-state index in [1.807, 2.05) is 0 Å². The minimum Gasteiger partial charge on any atom is -0.304 e. The van der Waals surface area contributed by atoms with Crippen LogP contribution in [0.15, 0.2) is 0 Å². The number of hydrogen-bond donors (Lipinski definition) is 1. The quantitative estimate of drug-likeness (QED) is 0.553. The molecule has 4 heteroatoms. The van der Waals surface area contributed by atoms with E-state index in [0.717, 1.165) is 0 Å². The number of halogens is 3. The van der Waals surface area contributed by atoms with Crippen LogP contribution >= 0.6 is 0 Å².